The van der Waals surface area contributed by atoms with Gasteiger partial charge in [-0.2, -0.15) is 4.98 Å². The Kier molecular flexibility index (Phi) is 3.50. The molecule has 0 amide bonds. The fourth-order valence-corrected chi connectivity index (χ4v) is 3.13. The zero-order chi connectivity index (χ0) is 14.2. The number of hydrogen-bond donors (Lipinski definition) is 1. The molecule has 1 heterocycles. The Labute approximate surface area is 117 Å². The molecule has 0 spiro atoms. The van der Waals surface area contributed by atoms with Gasteiger partial charge in [0, 0.05) is 7.11 Å². The SMILES string of the molecule is COC1(c2noc(C3CC3C(=O)O)n2)CCCCCC1. The summed E-state index contributed by atoms with van der Waals surface area (Å²) in [7, 11) is 1.69. The Morgan fingerprint density at radius 2 is 2.05 bits per heavy atom. The number of aliphatic carboxylic acids is 1. The summed E-state index contributed by atoms with van der Waals surface area (Å²) in [5.74, 6) is -0.226. The quantitative estimate of drug-likeness (QED) is 0.853. The molecule has 0 radical (unpaired) electrons. The zero-order valence-electron chi connectivity index (χ0n) is 11.7. The first-order valence-corrected chi connectivity index (χ1v) is 7.28. The van der Waals surface area contributed by atoms with Gasteiger partial charge in [-0.1, -0.05) is 30.8 Å². The summed E-state index contributed by atoms with van der Waals surface area (Å²) in [5.41, 5.74) is -0.453. The van der Waals surface area contributed by atoms with Crippen molar-refractivity contribution in [2.24, 2.45) is 5.92 Å². The summed E-state index contributed by atoms with van der Waals surface area (Å²) >= 11 is 0. The third kappa shape index (κ3) is 2.32. The van der Waals surface area contributed by atoms with Gasteiger partial charge in [-0.15, -0.1) is 0 Å². The van der Waals surface area contributed by atoms with E-state index in [2.05, 4.69) is 10.1 Å². The standard InChI is InChI=1S/C14H20N2O4/c1-19-14(6-4-2-3-5-7-14)13-15-11(20-16-13)9-8-10(9)12(17)18/h9-10H,2-8H2,1H3,(H,17,18). The van der Waals surface area contributed by atoms with Gasteiger partial charge in [0.25, 0.3) is 0 Å². The number of carbonyl (C=O) groups is 1. The van der Waals surface area contributed by atoms with Gasteiger partial charge < -0.3 is 14.4 Å². The van der Waals surface area contributed by atoms with Crippen LogP contribution in [0.2, 0.25) is 0 Å². The van der Waals surface area contributed by atoms with E-state index in [4.69, 9.17) is 14.4 Å². The molecule has 0 bridgehead atoms. The van der Waals surface area contributed by atoms with Crippen molar-refractivity contribution in [3.05, 3.63) is 11.7 Å². The van der Waals surface area contributed by atoms with E-state index in [1.54, 1.807) is 7.11 Å². The number of methoxy groups -OCH3 is 1. The van der Waals surface area contributed by atoms with Crippen LogP contribution in [0.1, 0.15) is 62.6 Å². The van der Waals surface area contributed by atoms with Crippen LogP contribution in [0.15, 0.2) is 4.52 Å². The van der Waals surface area contributed by atoms with Crippen molar-refractivity contribution in [1.29, 1.82) is 0 Å². The monoisotopic (exact) mass is 280 g/mol. The van der Waals surface area contributed by atoms with E-state index in [-0.39, 0.29) is 11.8 Å². The first kappa shape index (κ1) is 13.5. The van der Waals surface area contributed by atoms with Gasteiger partial charge in [0.1, 0.15) is 5.60 Å². The fraction of sp³-hybridized carbons (Fsp3) is 0.786. The van der Waals surface area contributed by atoms with Gasteiger partial charge in [0.15, 0.2) is 0 Å². The molecule has 1 aromatic rings. The zero-order valence-corrected chi connectivity index (χ0v) is 11.7. The van der Waals surface area contributed by atoms with Crippen LogP contribution in [-0.4, -0.2) is 28.3 Å². The van der Waals surface area contributed by atoms with Crippen LogP contribution < -0.4 is 0 Å². The lowest BCUT2D eigenvalue weighted by Crippen LogP contribution is -2.29. The van der Waals surface area contributed by atoms with E-state index < -0.39 is 11.6 Å². The average Bonchev–Trinajstić information content (AvgIpc) is 3.17. The number of rotatable bonds is 4. The molecule has 2 fully saturated rings. The van der Waals surface area contributed by atoms with Crippen molar-refractivity contribution in [3.63, 3.8) is 0 Å². The lowest BCUT2D eigenvalue weighted by Gasteiger charge is -2.27. The van der Waals surface area contributed by atoms with Gasteiger partial charge >= 0.3 is 5.97 Å². The molecule has 2 aliphatic rings. The minimum absolute atomic E-state index is 0.117. The highest BCUT2D eigenvalue weighted by atomic mass is 16.5. The number of aromatic nitrogens is 2. The van der Waals surface area contributed by atoms with E-state index in [9.17, 15) is 4.79 Å². The van der Waals surface area contributed by atoms with Gasteiger partial charge in [-0.25, -0.2) is 0 Å². The van der Waals surface area contributed by atoms with Crippen LogP contribution in [0, 0.1) is 5.92 Å². The first-order valence-electron chi connectivity index (χ1n) is 7.28. The molecule has 2 unspecified atom stereocenters. The summed E-state index contributed by atoms with van der Waals surface area (Å²) in [6, 6.07) is 0. The van der Waals surface area contributed by atoms with Crippen LogP contribution in [0.3, 0.4) is 0 Å². The summed E-state index contributed by atoms with van der Waals surface area (Å²) < 4.78 is 11.0. The Morgan fingerprint density at radius 1 is 1.35 bits per heavy atom. The highest BCUT2D eigenvalue weighted by Crippen LogP contribution is 2.47. The van der Waals surface area contributed by atoms with Crippen molar-refractivity contribution in [3.8, 4) is 0 Å². The van der Waals surface area contributed by atoms with E-state index in [1.165, 1.54) is 12.8 Å². The van der Waals surface area contributed by atoms with Crippen molar-refractivity contribution in [2.45, 2.75) is 56.5 Å². The Balaban J connectivity index is 1.79. The molecule has 0 saturated heterocycles. The fourth-order valence-electron chi connectivity index (χ4n) is 3.13. The predicted molar refractivity (Wildman–Crippen MR) is 69.2 cm³/mol. The maximum atomic E-state index is 10.9. The van der Waals surface area contributed by atoms with Crippen LogP contribution >= 0.6 is 0 Å². The third-order valence-corrected chi connectivity index (χ3v) is 4.58. The molecule has 0 aromatic carbocycles. The highest BCUT2D eigenvalue weighted by Gasteiger charge is 2.49. The van der Waals surface area contributed by atoms with Gasteiger partial charge in [-0.05, 0) is 19.3 Å². The summed E-state index contributed by atoms with van der Waals surface area (Å²) in [4.78, 5) is 15.4. The third-order valence-electron chi connectivity index (χ3n) is 4.58. The van der Waals surface area contributed by atoms with E-state index in [0.717, 1.165) is 25.7 Å². The molecule has 2 saturated carbocycles. The maximum Gasteiger partial charge on any atom is 0.307 e. The smallest absolute Gasteiger partial charge is 0.307 e. The molecular formula is C14H20N2O4. The van der Waals surface area contributed by atoms with Crippen molar-refractivity contribution < 1.29 is 19.2 Å². The molecular weight excluding hydrogens is 260 g/mol. The molecule has 6 nitrogen and oxygen atoms in total. The predicted octanol–water partition coefficient (Wildman–Crippen LogP) is 2.45. The van der Waals surface area contributed by atoms with E-state index in [0.29, 0.717) is 18.1 Å². The van der Waals surface area contributed by atoms with Crippen molar-refractivity contribution >= 4 is 5.97 Å². The normalized spacial score (nSPS) is 28.9. The second-order valence-electron chi connectivity index (χ2n) is 5.86. The van der Waals surface area contributed by atoms with Crippen molar-refractivity contribution in [1.82, 2.24) is 10.1 Å². The molecule has 20 heavy (non-hydrogen) atoms. The summed E-state index contributed by atoms with van der Waals surface area (Å²) in [5, 5.41) is 13.0. The maximum absolute atomic E-state index is 10.9. The Bertz CT molecular complexity index is 491. The Hall–Kier alpha value is -1.43. The van der Waals surface area contributed by atoms with Crippen LogP contribution in [-0.2, 0) is 15.1 Å². The Morgan fingerprint density at radius 3 is 2.60 bits per heavy atom. The molecule has 2 atom stereocenters. The van der Waals surface area contributed by atoms with Gasteiger partial charge in [0.05, 0.1) is 11.8 Å². The van der Waals surface area contributed by atoms with Crippen LogP contribution in [0.25, 0.3) is 0 Å². The number of carboxylic acids is 1. The molecule has 6 heteroatoms. The van der Waals surface area contributed by atoms with E-state index >= 15 is 0 Å². The van der Waals surface area contributed by atoms with E-state index in [1.807, 2.05) is 0 Å². The van der Waals surface area contributed by atoms with Gasteiger partial charge in [-0.3, -0.25) is 4.79 Å². The minimum atomic E-state index is -0.786. The van der Waals surface area contributed by atoms with Gasteiger partial charge in [0.2, 0.25) is 11.7 Å². The largest absolute Gasteiger partial charge is 0.481 e. The molecule has 1 N–H and O–H groups in total. The molecule has 3 rings (SSSR count). The van der Waals surface area contributed by atoms with Crippen LogP contribution in [0.5, 0.6) is 0 Å². The molecule has 2 aliphatic carbocycles. The second-order valence-corrected chi connectivity index (χ2v) is 5.86. The number of nitrogens with zero attached hydrogens (tertiary/aromatic N) is 2. The lowest BCUT2D eigenvalue weighted by atomic mass is 9.93. The van der Waals surface area contributed by atoms with Crippen molar-refractivity contribution in [2.75, 3.05) is 7.11 Å². The molecule has 110 valence electrons. The first-order chi connectivity index (χ1) is 9.66. The average molecular weight is 280 g/mol. The summed E-state index contributed by atoms with van der Waals surface area (Å²) in [6.45, 7) is 0. The van der Waals surface area contributed by atoms with Crippen LogP contribution in [0.4, 0.5) is 0 Å². The number of hydrogen-bond acceptors (Lipinski definition) is 5. The second kappa shape index (κ2) is 5.16. The number of ether oxygens (including phenoxy) is 1. The molecule has 1 aromatic heterocycles. The topological polar surface area (TPSA) is 85.5 Å². The summed E-state index contributed by atoms with van der Waals surface area (Å²) in [6.07, 6.45) is 7.00. The number of carboxylic acid groups (broad SMARTS) is 1. The highest BCUT2D eigenvalue weighted by molar-refractivity contribution is 5.74. The molecule has 0 aliphatic heterocycles. The minimum Gasteiger partial charge on any atom is -0.481 e. The lowest BCUT2D eigenvalue weighted by molar-refractivity contribution is -0.138.